The number of aliphatic hydroxyl groups is 1. The van der Waals surface area contributed by atoms with Gasteiger partial charge in [-0.15, -0.1) is 10.2 Å². The highest BCUT2D eigenvalue weighted by Crippen LogP contribution is 2.39. The molecule has 23 heavy (non-hydrogen) atoms. The predicted octanol–water partition coefficient (Wildman–Crippen LogP) is 2.14. The van der Waals surface area contributed by atoms with E-state index in [1.165, 1.54) is 25.0 Å². The molecule has 1 aromatic carbocycles. The molecule has 2 atom stereocenters. The van der Waals surface area contributed by atoms with Crippen molar-refractivity contribution in [3.8, 4) is 0 Å². The Hall–Kier alpha value is -1.79. The van der Waals surface area contributed by atoms with Crippen molar-refractivity contribution in [1.82, 2.24) is 19.7 Å². The summed E-state index contributed by atoms with van der Waals surface area (Å²) in [4.78, 5) is 2.21. The molecule has 1 N–H and O–H groups in total. The van der Waals surface area contributed by atoms with Crippen molar-refractivity contribution >= 4 is 0 Å². The summed E-state index contributed by atoms with van der Waals surface area (Å²) in [7, 11) is 2.02. The highest BCUT2D eigenvalue weighted by atomic mass is 19.1. The summed E-state index contributed by atoms with van der Waals surface area (Å²) in [5.74, 6) is 2.32. The fraction of sp³-hybridized carbons (Fsp3) is 0.529. The Morgan fingerprint density at radius 3 is 2.65 bits per heavy atom. The van der Waals surface area contributed by atoms with Crippen LogP contribution in [0.2, 0.25) is 0 Å². The second-order valence-corrected chi connectivity index (χ2v) is 6.69. The normalized spacial score (nSPS) is 25.2. The van der Waals surface area contributed by atoms with E-state index in [0.717, 1.165) is 17.2 Å². The van der Waals surface area contributed by atoms with Gasteiger partial charge in [0.1, 0.15) is 17.5 Å². The van der Waals surface area contributed by atoms with Gasteiger partial charge in [-0.25, -0.2) is 4.39 Å². The van der Waals surface area contributed by atoms with Crippen LogP contribution >= 0.6 is 0 Å². The average Bonchev–Trinajstić information content (AvgIpc) is 3.22. The van der Waals surface area contributed by atoms with Crippen LogP contribution in [0, 0.1) is 5.82 Å². The maximum atomic E-state index is 13.1. The van der Waals surface area contributed by atoms with Crippen molar-refractivity contribution in [2.24, 2.45) is 7.05 Å². The summed E-state index contributed by atoms with van der Waals surface area (Å²) in [6.45, 7) is 1.25. The van der Waals surface area contributed by atoms with Gasteiger partial charge in [-0.1, -0.05) is 12.1 Å². The molecule has 0 bridgehead atoms. The molecule has 1 saturated heterocycles. The Balaban J connectivity index is 1.55. The Morgan fingerprint density at radius 1 is 1.22 bits per heavy atom. The first-order valence-electron chi connectivity index (χ1n) is 8.17. The first-order valence-corrected chi connectivity index (χ1v) is 8.17. The van der Waals surface area contributed by atoms with E-state index in [-0.39, 0.29) is 18.0 Å². The Kier molecular flexibility index (Phi) is 3.66. The second kappa shape index (κ2) is 5.69. The third kappa shape index (κ3) is 2.88. The van der Waals surface area contributed by atoms with Gasteiger partial charge in [0, 0.05) is 25.6 Å². The second-order valence-electron chi connectivity index (χ2n) is 6.69. The molecule has 5 nitrogen and oxygen atoms in total. The van der Waals surface area contributed by atoms with Gasteiger partial charge >= 0.3 is 0 Å². The zero-order chi connectivity index (χ0) is 16.0. The molecule has 6 heteroatoms. The van der Waals surface area contributed by atoms with Crippen LogP contribution in [0.4, 0.5) is 4.39 Å². The van der Waals surface area contributed by atoms with E-state index in [4.69, 9.17) is 0 Å². The van der Waals surface area contributed by atoms with Crippen LogP contribution < -0.4 is 0 Å². The van der Waals surface area contributed by atoms with Gasteiger partial charge < -0.3 is 9.67 Å². The lowest BCUT2D eigenvalue weighted by Gasteiger charge is -2.24. The molecule has 0 amide bonds. The van der Waals surface area contributed by atoms with Crippen LogP contribution in [-0.4, -0.2) is 37.4 Å². The fourth-order valence-corrected chi connectivity index (χ4v) is 3.48. The standard InChI is InChI=1S/C17H21FN4O/c1-21-16(19-20-17(21)12-2-3-12)10-22-9-14(23)8-15(22)11-4-6-13(18)7-5-11/h4-7,12,14-15,23H,2-3,8-10H2,1H3/t14-,15-/m1/s1. The number of β-amino-alcohol motifs (C(OH)–C–C–N with tert-alkyl or cyclic N) is 1. The summed E-state index contributed by atoms with van der Waals surface area (Å²) in [5.41, 5.74) is 1.03. The molecular weight excluding hydrogens is 295 g/mol. The minimum Gasteiger partial charge on any atom is -0.392 e. The van der Waals surface area contributed by atoms with Crippen molar-refractivity contribution in [3.63, 3.8) is 0 Å². The van der Waals surface area contributed by atoms with Crippen molar-refractivity contribution in [3.05, 3.63) is 47.3 Å². The molecule has 0 unspecified atom stereocenters. The number of hydrogen-bond donors (Lipinski definition) is 1. The summed E-state index contributed by atoms with van der Waals surface area (Å²) in [6, 6.07) is 6.65. The van der Waals surface area contributed by atoms with Gasteiger partial charge in [-0.05, 0) is 37.0 Å². The molecule has 2 aromatic rings. The lowest BCUT2D eigenvalue weighted by molar-refractivity contribution is 0.171. The molecule has 0 radical (unpaired) electrons. The molecule has 1 saturated carbocycles. The van der Waals surface area contributed by atoms with E-state index in [1.807, 2.05) is 7.05 Å². The van der Waals surface area contributed by atoms with Gasteiger partial charge in [0.05, 0.1) is 12.6 Å². The minimum atomic E-state index is -0.360. The van der Waals surface area contributed by atoms with Gasteiger partial charge in [0.15, 0.2) is 0 Å². The van der Waals surface area contributed by atoms with E-state index in [0.29, 0.717) is 25.4 Å². The van der Waals surface area contributed by atoms with Gasteiger partial charge in [0.25, 0.3) is 0 Å². The predicted molar refractivity (Wildman–Crippen MR) is 83.2 cm³/mol. The van der Waals surface area contributed by atoms with Gasteiger partial charge in [0.2, 0.25) is 0 Å². The van der Waals surface area contributed by atoms with E-state index in [2.05, 4.69) is 19.7 Å². The molecule has 1 aliphatic carbocycles. The number of aliphatic hydroxyl groups excluding tert-OH is 1. The topological polar surface area (TPSA) is 54.2 Å². The Bertz CT molecular complexity index is 695. The number of halogens is 1. The quantitative estimate of drug-likeness (QED) is 0.939. The molecule has 2 aliphatic rings. The monoisotopic (exact) mass is 316 g/mol. The third-order valence-electron chi connectivity index (χ3n) is 4.92. The minimum absolute atomic E-state index is 0.0895. The van der Waals surface area contributed by atoms with Crippen LogP contribution in [0.15, 0.2) is 24.3 Å². The number of rotatable bonds is 4. The van der Waals surface area contributed by atoms with Crippen molar-refractivity contribution in [2.75, 3.05) is 6.54 Å². The summed E-state index contributed by atoms with van der Waals surface area (Å²) < 4.78 is 15.2. The van der Waals surface area contributed by atoms with E-state index < -0.39 is 0 Å². The summed E-state index contributed by atoms with van der Waals surface area (Å²) >= 11 is 0. The lowest BCUT2D eigenvalue weighted by Crippen LogP contribution is -2.26. The molecule has 122 valence electrons. The van der Waals surface area contributed by atoms with Gasteiger partial charge in [-0.2, -0.15) is 0 Å². The molecule has 1 aromatic heterocycles. The third-order valence-corrected chi connectivity index (χ3v) is 4.92. The van der Waals surface area contributed by atoms with Crippen LogP contribution in [-0.2, 0) is 13.6 Å². The number of nitrogens with zero attached hydrogens (tertiary/aromatic N) is 4. The first kappa shape index (κ1) is 14.8. The maximum Gasteiger partial charge on any atom is 0.146 e. The zero-order valence-electron chi connectivity index (χ0n) is 13.2. The summed E-state index contributed by atoms with van der Waals surface area (Å²) in [5, 5.41) is 18.7. The zero-order valence-corrected chi connectivity index (χ0v) is 13.2. The van der Waals surface area contributed by atoms with Crippen LogP contribution in [0.1, 0.15) is 48.4 Å². The van der Waals surface area contributed by atoms with E-state index in [1.54, 1.807) is 12.1 Å². The molecule has 2 fully saturated rings. The van der Waals surface area contributed by atoms with Crippen LogP contribution in [0.3, 0.4) is 0 Å². The van der Waals surface area contributed by atoms with Gasteiger partial charge in [-0.3, -0.25) is 4.90 Å². The maximum absolute atomic E-state index is 13.1. The number of hydrogen-bond acceptors (Lipinski definition) is 4. The number of likely N-dealkylation sites (tertiary alicyclic amines) is 1. The fourth-order valence-electron chi connectivity index (χ4n) is 3.48. The molecule has 2 heterocycles. The number of aromatic nitrogens is 3. The van der Waals surface area contributed by atoms with Crippen molar-refractivity contribution in [2.45, 2.75) is 43.9 Å². The lowest BCUT2D eigenvalue weighted by atomic mass is 10.0. The smallest absolute Gasteiger partial charge is 0.146 e. The Labute approximate surface area is 134 Å². The SMILES string of the molecule is Cn1c(CN2C[C@H](O)C[C@@H]2c2ccc(F)cc2)nnc1C1CC1. The van der Waals surface area contributed by atoms with E-state index in [9.17, 15) is 9.50 Å². The Morgan fingerprint density at radius 2 is 1.96 bits per heavy atom. The van der Waals surface area contributed by atoms with Crippen molar-refractivity contribution in [1.29, 1.82) is 0 Å². The largest absolute Gasteiger partial charge is 0.392 e. The first-order chi connectivity index (χ1) is 11.1. The molecular formula is C17H21FN4O. The molecule has 4 rings (SSSR count). The van der Waals surface area contributed by atoms with Crippen LogP contribution in [0.5, 0.6) is 0 Å². The highest BCUT2D eigenvalue weighted by Gasteiger charge is 2.34. The average molecular weight is 316 g/mol. The molecule has 1 aliphatic heterocycles. The summed E-state index contributed by atoms with van der Waals surface area (Å²) in [6.07, 6.45) is 2.71. The van der Waals surface area contributed by atoms with Crippen molar-refractivity contribution < 1.29 is 9.50 Å². The van der Waals surface area contributed by atoms with E-state index >= 15 is 0 Å². The highest BCUT2D eigenvalue weighted by molar-refractivity contribution is 5.22. The molecule has 0 spiro atoms. The van der Waals surface area contributed by atoms with Crippen LogP contribution in [0.25, 0.3) is 0 Å². The number of benzene rings is 1.